The summed E-state index contributed by atoms with van der Waals surface area (Å²) in [6.45, 7) is 7.00. The number of aliphatic hydroxyl groups excluding tert-OH is 1. The van der Waals surface area contributed by atoms with Crippen LogP contribution >= 0.6 is 11.8 Å². The number of carbonyl (C=O) groups is 4. The molecule has 0 aromatic carbocycles. The third-order valence-electron chi connectivity index (χ3n) is 5.46. The molecule has 2 rings (SSSR count). The molecule has 1 aromatic rings. The molecule has 1 aliphatic heterocycles. The van der Waals surface area contributed by atoms with E-state index in [1.54, 1.807) is 51.1 Å². The van der Waals surface area contributed by atoms with Crippen molar-refractivity contribution < 1.29 is 29.0 Å². The Morgan fingerprint density at radius 3 is 2.73 bits per heavy atom. The Morgan fingerprint density at radius 2 is 2.05 bits per heavy atom. The van der Waals surface area contributed by atoms with E-state index in [1.165, 1.54) is 24.8 Å². The van der Waals surface area contributed by atoms with E-state index in [-0.39, 0.29) is 41.3 Å². The Balaban J connectivity index is 2.30. The van der Waals surface area contributed by atoms with Crippen LogP contribution in [0.3, 0.4) is 0 Å². The standard InChI is InChI=1S/C26H36N4O6S/c1-5-20-24(33)30-23(16(2)3)26(35)36-19(10-6-7-14-37-17(4)31)15-22(32)27-13-12-18-9-8-11-21(28-18)25(34)29-20/h5-6,8-11,16,19,23-24,30,33H,7,12-15H2,1-4H3,(H,27,32)(H,29,34)/b10-6+,20-5-/t19-,23+,24?/m1/s1. The zero-order chi connectivity index (χ0) is 27.4. The Labute approximate surface area is 221 Å². The lowest BCUT2D eigenvalue weighted by atomic mass is 10.0. The van der Waals surface area contributed by atoms with Crippen LogP contribution in [0, 0.1) is 5.92 Å². The molecule has 1 aromatic heterocycles. The maximum absolute atomic E-state index is 13.1. The van der Waals surface area contributed by atoms with Gasteiger partial charge in [0, 0.05) is 31.3 Å². The molecular formula is C26H36N4O6S. The molecule has 2 heterocycles. The van der Waals surface area contributed by atoms with Crippen LogP contribution in [0.4, 0.5) is 0 Å². The van der Waals surface area contributed by atoms with Gasteiger partial charge in [-0.1, -0.05) is 43.8 Å². The number of rotatable bonds is 5. The molecule has 11 heteroatoms. The van der Waals surface area contributed by atoms with Crippen LogP contribution in [0.15, 0.2) is 42.1 Å². The summed E-state index contributed by atoms with van der Waals surface area (Å²) in [5.74, 6) is -1.17. The second kappa shape index (κ2) is 15.3. The van der Waals surface area contributed by atoms with E-state index in [0.717, 1.165) is 0 Å². The summed E-state index contributed by atoms with van der Waals surface area (Å²) in [4.78, 5) is 54.0. The molecule has 0 fully saturated rings. The van der Waals surface area contributed by atoms with Crippen LogP contribution in [-0.4, -0.2) is 63.7 Å². The van der Waals surface area contributed by atoms with Crippen molar-refractivity contribution >= 4 is 34.7 Å². The number of amides is 2. The monoisotopic (exact) mass is 532 g/mol. The van der Waals surface area contributed by atoms with Crippen LogP contribution in [0.25, 0.3) is 0 Å². The Hall–Kier alpha value is -3.02. The molecule has 0 aliphatic carbocycles. The highest BCUT2D eigenvalue weighted by Gasteiger charge is 2.30. The van der Waals surface area contributed by atoms with E-state index in [2.05, 4.69) is 20.9 Å². The van der Waals surface area contributed by atoms with E-state index in [4.69, 9.17) is 4.74 Å². The van der Waals surface area contributed by atoms with Gasteiger partial charge in [-0.3, -0.25) is 24.5 Å². The van der Waals surface area contributed by atoms with Crippen molar-refractivity contribution in [1.82, 2.24) is 20.9 Å². The number of aromatic nitrogens is 1. The van der Waals surface area contributed by atoms with Gasteiger partial charge in [0.1, 0.15) is 24.1 Å². The molecule has 202 valence electrons. The van der Waals surface area contributed by atoms with Gasteiger partial charge in [0.05, 0.1) is 12.1 Å². The molecule has 0 spiro atoms. The number of esters is 1. The predicted molar refractivity (Wildman–Crippen MR) is 141 cm³/mol. The molecule has 4 N–H and O–H groups in total. The largest absolute Gasteiger partial charge is 0.456 e. The Bertz CT molecular complexity index is 1030. The number of thioether (sulfide) groups is 1. The lowest BCUT2D eigenvalue weighted by Gasteiger charge is -2.27. The van der Waals surface area contributed by atoms with Crippen molar-refractivity contribution in [2.75, 3.05) is 12.3 Å². The van der Waals surface area contributed by atoms with E-state index in [9.17, 15) is 24.3 Å². The summed E-state index contributed by atoms with van der Waals surface area (Å²) in [5, 5.41) is 19.1. The summed E-state index contributed by atoms with van der Waals surface area (Å²) >= 11 is 1.19. The summed E-state index contributed by atoms with van der Waals surface area (Å²) in [5.41, 5.74) is 0.938. The molecule has 0 saturated carbocycles. The summed E-state index contributed by atoms with van der Waals surface area (Å²) in [7, 11) is 0. The average Bonchev–Trinajstić information content (AvgIpc) is 2.84. The normalized spacial score (nSPS) is 23.5. The van der Waals surface area contributed by atoms with Gasteiger partial charge in [0.25, 0.3) is 5.91 Å². The molecule has 1 aliphatic rings. The molecule has 0 radical (unpaired) electrons. The van der Waals surface area contributed by atoms with Gasteiger partial charge in [-0.2, -0.15) is 0 Å². The van der Waals surface area contributed by atoms with Crippen molar-refractivity contribution in [2.45, 2.75) is 65.3 Å². The molecular weight excluding hydrogens is 496 g/mol. The van der Waals surface area contributed by atoms with Gasteiger partial charge < -0.3 is 20.5 Å². The van der Waals surface area contributed by atoms with Gasteiger partial charge >= 0.3 is 5.97 Å². The van der Waals surface area contributed by atoms with E-state index >= 15 is 0 Å². The Kier molecular flexibility index (Phi) is 12.5. The lowest BCUT2D eigenvalue weighted by molar-refractivity contribution is -0.152. The van der Waals surface area contributed by atoms with Gasteiger partial charge in [-0.25, -0.2) is 4.98 Å². The maximum Gasteiger partial charge on any atom is 0.324 e. The number of aliphatic hydroxyl groups is 1. The highest BCUT2D eigenvalue weighted by atomic mass is 32.2. The molecule has 1 unspecified atom stereocenters. The summed E-state index contributed by atoms with van der Waals surface area (Å²) < 4.78 is 5.67. The predicted octanol–water partition coefficient (Wildman–Crippen LogP) is 1.85. The third-order valence-corrected chi connectivity index (χ3v) is 6.31. The van der Waals surface area contributed by atoms with Gasteiger partial charge in [-0.15, -0.1) is 0 Å². The number of pyridine rings is 1. The number of carbonyl (C=O) groups excluding carboxylic acids is 4. The first kappa shape index (κ1) is 30.2. The number of fused-ring (bicyclic) bond motifs is 2. The van der Waals surface area contributed by atoms with E-state index in [1.807, 2.05) is 0 Å². The minimum absolute atomic E-state index is 0.0147. The minimum atomic E-state index is -1.37. The van der Waals surface area contributed by atoms with Gasteiger partial charge in [-0.05, 0) is 37.5 Å². The van der Waals surface area contributed by atoms with Crippen LogP contribution in [-0.2, 0) is 25.5 Å². The van der Waals surface area contributed by atoms with Crippen LogP contribution < -0.4 is 16.0 Å². The quantitative estimate of drug-likeness (QED) is 0.253. The van der Waals surface area contributed by atoms with Crippen molar-refractivity contribution in [3.8, 4) is 0 Å². The van der Waals surface area contributed by atoms with Gasteiger partial charge in [0.2, 0.25) is 5.91 Å². The third kappa shape index (κ3) is 10.5. The van der Waals surface area contributed by atoms with Crippen LogP contribution in [0.2, 0.25) is 0 Å². The number of cyclic esters (lactones) is 1. The number of allylic oxidation sites excluding steroid dienone is 2. The molecule has 0 saturated heterocycles. The number of nitrogens with zero attached hydrogens (tertiary/aromatic N) is 1. The molecule has 2 bridgehead atoms. The average molecular weight is 533 g/mol. The summed E-state index contributed by atoms with van der Waals surface area (Å²) in [6.07, 6.45) is 3.61. The molecule has 10 nitrogen and oxygen atoms in total. The van der Waals surface area contributed by atoms with Crippen molar-refractivity contribution in [3.63, 3.8) is 0 Å². The number of hydrogen-bond donors (Lipinski definition) is 4. The van der Waals surface area contributed by atoms with Crippen molar-refractivity contribution in [3.05, 3.63) is 53.5 Å². The zero-order valence-electron chi connectivity index (χ0n) is 21.7. The first-order valence-electron chi connectivity index (χ1n) is 12.3. The first-order valence-corrected chi connectivity index (χ1v) is 13.2. The fraction of sp³-hybridized carbons (Fsp3) is 0.500. The van der Waals surface area contributed by atoms with Crippen LogP contribution in [0.1, 0.15) is 56.7 Å². The maximum atomic E-state index is 13.1. The lowest BCUT2D eigenvalue weighted by Crippen LogP contribution is -2.50. The van der Waals surface area contributed by atoms with Crippen molar-refractivity contribution in [2.24, 2.45) is 5.92 Å². The number of ether oxygens (including phenoxy) is 1. The molecule has 37 heavy (non-hydrogen) atoms. The molecule has 3 atom stereocenters. The first-order chi connectivity index (χ1) is 17.6. The molecule has 2 amide bonds. The van der Waals surface area contributed by atoms with Crippen molar-refractivity contribution in [1.29, 1.82) is 0 Å². The fourth-order valence-corrected chi connectivity index (χ4v) is 4.05. The van der Waals surface area contributed by atoms with E-state index < -0.39 is 30.3 Å². The van der Waals surface area contributed by atoms with E-state index in [0.29, 0.717) is 24.3 Å². The Morgan fingerprint density at radius 1 is 1.30 bits per heavy atom. The smallest absolute Gasteiger partial charge is 0.324 e. The number of nitrogens with one attached hydrogen (secondary N) is 3. The second-order valence-corrected chi connectivity index (χ2v) is 10.1. The van der Waals surface area contributed by atoms with Gasteiger partial charge in [0.15, 0.2) is 5.12 Å². The summed E-state index contributed by atoms with van der Waals surface area (Å²) in [6, 6.07) is 4.08. The van der Waals surface area contributed by atoms with Crippen LogP contribution in [0.5, 0.6) is 0 Å². The second-order valence-electron chi connectivity index (χ2n) is 8.84. The fourth-order valence-electron chi connectivity index (χ4n) is 3.51. The minimum Gasteiger partial charge on any atom is -0.456 e. The SMILES string of the molecule is C/C=C1\NC(=O)c2cccc(n2)CCNC(=O)C[C@@H](/C=C/CCSC(C)=O)OC(=O)[C@H](C(C)C)NC1O. The zero-order valence-corrected chi connectivity index (χ0v) is 22.5. The topological polar surface area (TPSA) is 147 Å². The highest BCUT2D eigenvalue weighted by Crippen LogP contribution is 2.13. The number of hydrogen-bond acceptors (Lipinski definition) is 9. The highest BCUT2D eigenvalue weighted by molar-refractivity contribution is 8.13.